The summed E-state index contributed by atoms with van der Waals surface area (Å²) in [5, 5.41) is 12.7. The minimum atomic E-state index is -3.44. The highest BCUT2D eigenvalue weighted by atomic mass is 35.5. The quantitative estimate of drug-likeness (QED) is 0.444. The van der Waals surface area contributed by atoms with Crippen molar-refractivity contribution < 1.29 is 12.8 Å². The third-order valence-electron chi connectivity index (χ3n) is 4.96. The molecule has 154 valence electrons. The molecule has 1 saturated heterocycles. The van der Waals surface area contributed by atoms with Crippen molar-refractivity contribution in [3.8, 4) is 10.8 Å². The minimum absolute atomic E-state index is 0.202. The number of benzene rings is 2. The zero-order chi connectivity index (χ0) is 20.7. The fourth-order valence-corrected chi connectivity index (χ4v) is 6.38. The lowest BCUT2D eigenvalue weighted by Crippen LogP contribution is -2.27. The molecular weight excluding hydrogens is 444 g/mol. The van der Waals surface area contributed by atoms with Crippen molar-refractivity contribution in [2.24, 2.45) is 0 Å². The topological polar surface area (TPSA) is 88.3 Å². The summed E-state index contributed by atoms with van der Waals surface area (Å²) in [5.41, 5.74) is 0.646. The molecule has 4 aromatic rings. The summed E-state index contributed by atoms with van der Waals surface area (Å²) in [4.78, 5) is 0.990. The van der Waals surface area contributed by atoms with Gasteiger partial charge in [0, 0.05) is 28.9 Å². The Balaban J connectivity index is 1.35. The van der Waals surface area contributed by atoms with Crippen LogP contribution in [0.15, 0.2) is 57.8 Å². The SMILES string of the molecule is O=S(=O)(c1ccc(Nc2nnc(-c3sc4ccccc4c3Cl)o2)cc1)N1CCCC1. The highest BCUT2D eigenvalue weighted by Crippen LogP contribution is 2.41. The van der Waals surface area contributed by atoms with E-state index >= 15 is 0 Å². The Labute approximate surface area is 182 Å². The van der Waals surface area contributed by atoms with Gasteiger partial charge in [-0.1, -0.05) is 34.9 Å². The maximum atomic E-state index is 12.6. The van der Waals surface area contributed by atoms with Gasteiger partial charge < -0.3 is 9.73 Å². The summed E-state index contributed by atoms with van der Waals surface area (Å²) in [6.07, 6.45) is 1.81. The summed E-state index contributed by atoms with van der Waals surface area (Å²) in [6.45, 7) is 1.15. The summed E-state index contributed by atoms with van der Waals surface area (Å²) in [7, 11) is -3.44. The van der Waals surface area contributed by atoms with Gasteiger partial charge in [-0.05, 0) is 43.2 Å². The summed E-state index contributed by atoms with van der Waals surface area (Å²) < 4.78 is 33.5. The Hall–Kier alpha value is -2.46. The Bertz CT molecular complexity index is 1310. The third kappa shape index (κ3) is 3.47. The number of sulfonamides is 1. The first-order valence-corrected chi connectivity index (χ1v) is 12.0. The molecule has 2 aromatic heterocycles. The van der Waals surface area contributed by atoms with Crippen LogP contribution in [0, 0.1) is 0 Å². The number of hydrogen-bond donors (Lipinski definition) is 1. The predicted octanol–water partition coefficient (Wildman–Crippen LogP) is 5.13. The number of rotatable bonds is 5. The molecule has 0 unspecified atom stereocenters. The molecule has 0 bridgehead atoms. The van der Waals surface area contributed by atoms with E-state index in [2.05, 4.69) is 15.5 Å². The Morgan fingerprint density at radius 2 is 1.77 bits per heavy atom. The molecule has 0 aliphatic carbocycles. The van der Waals surface area contributed by atoms with Crippen LogP contribution >= 0.6 is 22.9 Å². The van der Waals surface area contributed by atoms with Gasteiger partial charge in [-0.3, -0.25) is 0 Å². The molecule has 1 aliphatic heterocycles. The number of hydrogen-bond acceptors (Lipinski definition) is 7. The van der Waals surface area contributed by atoms with E-state index in [9.17, 15) is 8.42 Å². The first kappa shape index (κ1) is 19.5. The van der Waals surface area contributed by atoms with Gasteiger partial charge in [0.15, 0.2) is 0 Å². The Morgan fingerprint density at radius 3 is 2.50 bits per heavy atom. The molecular formula is C20H17ClN4O3S2. The van der Waals surface area contributed by atoms with Gasteiger partial charge in [0.2, 0.25) is 10.0 Å². The summed E-state index contributed by atoms with van der Waals surface area (Å²) in [6, 6.07) is 14.5. The van der Waals surface area contributed by atoms with E-state index in [1.807, 2.05) is 24.3 Å². The number of thiophene rings is 1. The summed E-state index contributed by atoms with van der Waals surface area (Å²) in [5.74, 6) is 0.330. The zero-order valence-corrected chi connectivity index (χ0v) is 18.1. The number of fused-ring (bicyclic) bond motifs is 1. The molecule has 30 heavy (non-hydrogen) atoms. The maximum absolute atomic E-state index is 12.6. The van der Waals surface area contributed by atoms with Crippen LogP contribution in [0.4, 0.5) is 11.7 Å². The van der Waals surface area contributed by atoms with Crippen LogP contribution < -0.4 is 5.32 Å². The van der Waals surface area contributed by atoms with Crippen LogP contribution in [0.2, 0.25) is 5.02 Å². The van der Waals surface area contributed by atoms with Gasteiger partial charge >= 0.3 is 6.01 Å². The molecule has 0 atom stereocenters. The molecule has 0 radical (unpaired) electrons. The lowest BCUT2D eigenvalue weighted by Gasteiger charge is -2.15. The van der Waals surface area contributed by atoms with Gasteiger partial charge in [-0.25, -0.2) is 8.42 Å². The predicted molar refractivity (Wildman–Crippen MR) is 118 cm³/mol. The number of nitrogens with one attached hydrogen (secondary N) is 1. The number of nitrogens with zero attached hydrogens (tertiary/aromatic N) is 3. The normalized spacial score (nSPS) is 15.1. The van der Waals surface area contributed by atoms with E-state index in [0.29, 0.717) is 34.6 Å². The maximum Gasteiger partial charge on any atom is 0.320 e. The minimum Gasteiger partial charge on any atom is -0.402 e. The molecule has 0 saturated carbocycles. The average Bonchev–Trinajstić information content (AvgIpc) is 3.50. The molecule has 0 spiro atoms. The van der Waals surface area contributed by atoms with Crippen molar-refractivity contribution in [2.75, 3.05) is 18.4 Å². The molecule has 1 N–H and O–H groups in total. The molecule has 1 fully saturated rings. The number of anilines is 2. The van der Waals surface area contributed by atoms with Crippen molar-refractivity contribution in [1.82, 2.24) is 14.5 Å². The lowest BCUT2D eigenvalue weighted by atomic mass is 10.2. The standard InChI is InChI=1S/C20H17ClN4O3S2/c21-17-15-5-1-2-6-16(15)29-18(17)19-23-24-20(28-19)22-13-7-9-14(10-8-13)30(26,27)25-11-3-4-12-25/h1-2,5-10H,3-4,11-12H2,(H,22,24). The van der Waals surface area contributed by atoms with E-state index in [1.54, 1.807) is 24.3 Å². The monoisotopic (exact) mass is 460 g/mol. The number of halogens is 1. The van der Waals surface area contributed by atoms with Gasteiger partial charge in [0.05, 0.1) is 9.92 Å². The van der Waals surface area contributed by atoms with Crippen LogP contribution in [-0.2, 0) is 10.0 Å². The van der Waals surface area contributed by atoms with Crippen molar-refractivity contribution in [3.05, 3.63) is 53.6 Å². The molecule has 2 aromatic carbocycles. The first-order chi connectivity index (χ1) is 14.5. The van der Waals surface area contributed by atoms with Crippen molar-refractivity contribution >= 4 is 54.7 Å². The van der Waals surface area contributed by atoms with Gasteiger partial charge in [0.25, 0.3) is 5.89 Å². The lowest BCUT2D eigenvalue weighted by molar-refractivity contribution is 0.477. The second kappa shape index (κ2) is 7.66. The fraction of sp³-hybridized carbons (Fsp3) is 0.200. The summed E-state index contributed by atoms with van der Waals surface area (Å²) >= 11 is 7.96. The van der Waals surface area contributed by atoms with Crippen LogP contribution in [0.5, 0.6) is 0 Å². The third-order valence-corrected chi connectivity index (χ3v) is 8.54. The highest BCUT2D eigenvalue weighted by molar-refractivity contribution is 7.89. The van der Waals surface area contributed by atoms with E-state index in [0.717, 1.165) is 22.9 Å². The molecule has 10 heteroatoms. The van der Waals surface area contributed by atoms with E-state index in [1.165, 1.54) is 15.6 Å². The average molecular weight is 461 g/mol. The van der Waals surface area contributed by atoms with Gasteiger partial charge in [0.1, 0.15) is 4.88 Å². The highest BCUT2D eigenvalue weighted by Gasteiger charge is 2.27. The Kier molecular flexibility index (Phi) is 4.98. The van der Waals surface area contributed by atoms with E-state index in [-0.39, 0.29) is 10.9 Å². The first-order valence-electron chi connectivity index (χ1n) is 9.40. The van der Waals surface area contributed by atoms with Crippen LogP contribution in [0.1, 0.15) is 12.8 Å². The number of aromatic nitrogens is 2. The van der Waals surface area contributed by atoms with Crippen LogP contribution in [-0.4, -0.2) is 36.0 Å². The van der Waals surface area contributed by atoms with Crippen molar-refractivity contribution in [1.29, 1.82) is 0 Å². The molecule has 0 amide bonds. The van der Waals surface area contributed by atoms with Crippen molar-refractivity contribution in [2.45, 2.75) is 17.7 Å². The van der Waals surface area contributed by atoms with Crippen LogP contribution in [0.25, 0.3) is 20.9 Å². The smallest absolute Gasteiger partial charge is 0.320 e. The second-order valence-electron chi connectivity index (χ2n) is 6.91. The second-order valence-corrected chi connectivity index (χ2v) is 10.3. The molecule has 7 nitrogen and oxygen atoms in total. The molecule has 3 heterocycles. The zero-order valence-electron chi connectivity index (χ0n) is 15.7. The molecule has 5 rings (SSSR count). The van der Waals surface area contributed by atoms with E-state index < -0.39 is 10.0 Å². The fourth-order valence-electron chi connectivity index (χ4n) is 3.43. The van der Waals surface area contributed by atoms with Crippen LogP contribution in [0.3, 0.4) is 0 Å². The van der Waals surface area contributed by atoms with Gasteiger partial charge in [-0.2, -0.15) is 4.31 Å². The van der Waals surface area contributed by atoms with Crippen molar-refractivity contribution in [3.63, 3.8) is 0 Å². The van der Waals surface area contributed by atoms with Gasteiger partial charge in [-0.15, -0.1) is 16.4 Å². The molecule has 1 aliphatic rings. The largest absolute Gasteiger partial charge is 0.402 e. The van der Waals surface area contributed by atoms with E-state index in [4.69, 9.17) is 16.0 Å². The Morgan fingerprint density at radius 1 is 1.03 bits per heavy atom.